The summed E-state index contributed by atoms with van der Waals surface area (Å²) in [5.41, 5.74) is 1.06. The van der Waals surface area contributed by atoms with Crippen LogP contribution in [0.5, 0.6) is 0 Å². The van der Waals surface area contributed by atoms with Crippen LogP contribution in [-0.2, 0) is 6.42 Å². The van der Waals surface area contributed by atoms with Crippen LogP contribution in [0.4, 0.5) is 0 Å². The van der Waals surface area contributed by atoms with E-state index in [-0.39, 0.29) is 5.91 Å². The monoisotopic (exact) mass is 285 g/mol. The van der Waals surface area contributed by atoms with Crippen molar-refractivity contribution in [2.45, 2.75) is 13.3 Å². The van der Waals surface area contributed by atoms with Crippen molar-refractivity contribution in [3.63, 3.8) is 0 Å². The number of nitrogens with zero attached hydrogens (tertiary/aromatic N) is 1. The molecule has 102 valence electrons. The smallest absolute Gasteiger partial charge is 0.261 e. The second kappa shape index (κ2) is 5.46. The van der Waals surface area contributed by atoms with Gasteiger partial charge in [0.25, 0.3) is 5.91 Å². The van der Waals surface area contributed by atoms with Crippen LogP contribution >= 0.6 is 11.3 Å². The van der Waals surface area contributed by atoms with Crippen molar-refractivity contribution in [3.8, 4) is 0 Å². The van der Waals surface area contributed by atoms with Gasteiger partial charge in [0, 0.05) is 30.1 Å². The molecule has 2 aromatic heterocycles. The summed E-state index contributed by atoms with van der Waals surface area (Å²) in [7, 11) is 0. The van der Waals surface area contributed by atoms with E-state index in [1.807, 2.05) is 25.1 Å². The number of amides is 1. The molecule has 2 N–H and O–H groups in total. The van der Waals surface area contributed by atoms with Crippen molar-refractivity contribution in [1.29, 1.82) is 0 Å². The Hall–Kier alpha value is -2.14. The Morgan fingerprint density at radius 3 is 3.00 bits per heavy atom. The lowest BCUT2D eigenvalue weighted by Gasteiger charge is -2.03. The summed E-state index contributed by atoms with van der Waals surface area (Å²) >= 11 is 1.54. The average molecular weight is 285 g/mol. The summed E-state index contributed by atoms with van der Waals surface area (Å²) in [5, 5.41) is 4.11. The number of carbonyl (C=O) groups is 1. The maximum absolute atomic E-state index is 12.2. The van der Waals surface area contributed by atoms with Crippen molar-refractivity contribution in [1.82, 2.24) is 15.3 Å². The van der Waals surface area contributed by atoms with Crippen LogP contribution in [0.25, 0.3) is 10.1 Å². The van der Waals surface area contributed by atoms with Gasteiger partial charge in [0.05, 0.1) is 4.88 Å². The molecule has 0 aliphatic heterocycles. The molecule has 0 spiro atoms. The summed E-state index contributed by atoms with van der Waals surface area (Å²) in [5.74, 6) is 0.883. The molecule has 20 heavy (non-hydrogen) atoms. The topological polar surface area (TPSA) is 57.8 Å². The quantitative estimate of drug-likeness (QED) is 0.774. The van der Waals surface area contributed by atoms with E-state index in [1.165, 1.54) is 0 Å². The molecule has 5 heteroatoms. The number of hydrogen-bond acceptors (Lipinski definition) is 3. The van der Waals surface area contributed by atoms with Gasteiger partial charge in [-0.05, 0) is 23.9 Å². The number of aryl methyl sites for hydroxylation is 1. The summed E-state index contributed by atoms with van der Waals surface area (Å²) < 4.78 is 1.15. The third-order valence-corrected chi connectivity index (χ3v) is 4.52. The number of carbonyl (C=O) groups excluding carboxylic acids is 1. The first kappa shape index (κ1) is 12.9. The highest BCUT2D eigenvalue weighted by atomic mass is 32.1. The second-order valence-electron chi connectivity index (χ2n) is 4.59. The molecular weight excluding hydrogens is 270 g/mol. The van der Waals surface area contributed by atoms with Gasteiger partial charge < -0.3 is 10.3 Å². The summed E-state index contributed by atoms with van der Waals surface area (Å²) in [6, 6.07) is 8.10. The highest BCUT2D eigenvalue weighted by Gasteiger charge is 2.14. The number of fused-ring (bicyclic) bond motifs is 1. The van der Waals surface area contributed by atoms with Crippen molar-refractivity contribution >= 4 is 27.3 Å². The Bertz CT molecular complexity index is 731. The molecule has 0 aliphatic rings. The van der Waals surface area contributed by atoms with E-state index < -0.39 is 0 Å². The normalized spacial score (nSPS) is 10.8. The molecule has 0 bridgehead atoms. The molecular formula is C15H15N3OS. The molecule has 0 radical (unpaired) electrons. The lowest BCUT2D eigenvalue weighted by Crippen LogP contribution is -2.25. The van der Waals surface area contributed by atoms with Gasteiger partial charge >= 0.3 is 0 Å². The molecule has 4 nitrogen and oxygen atoms in total. The number of rotatable bonds is 4. The zero-order chi connectivity index (χ0) is 13.9. The summed E-state index contributed by atoms with van der Waals surface area (Å²) in [6.07, 6.45) is 4.21. The van der Waals surface area contributed by atoms with Gasteiger partial charge in [-0.1, -0.05) is 18.2 Å². The van der Waals surface area contributed by atoms with Crippen LogP contribution in [-0.4, -0.2) is 22.4 Å². The number of nitrogens with one attached hydrogen (secondary N) is 2. The first-order valence-corrected chi connectivity index (χ1v) is 7.32. The number of H-pyrrole nitrogens is 1. The van der Waals surface area contributed by atoms with E-state index in [2.05, 4.69) is 21.4 Å². The van der Waals surface area contributed by atoms with Crippen LogP contribution in [0.2, 0.25) is 0 Å². The fourth-order valence-corrected chi connectivity index (χ4v) is 3.33. The molecule has 0 atom stereocenters. The summed E-state index contributed by atoms with van der Waals surface area (Å²) in [4.78, 5) is 20.2. The largest absolute Gasteiger partial charge is 0.351 e. The highest BCUT2D eigenvalue weighted by Crippen LogP contribution is 2.30. The van der Waals surface area contributed by atoms with Crippen LogP contribution in [0, 0.1) is 6.92 Å². The second-order valence-corrected chi connectivity index (χ2v) is 5.65. The molecule has 1 amide bonds. The standard InChI is InChI=1S/C15H15N3OS/c1-10-11-4-2-3-5-12(11)20-14(10)15(19)18-7-6-13-16-8-9-17-13/h2-5,8-9H,6-7H2,1H3,(H,16,17)(H,18,19). The summed E-state index contributed by atoms with van der Waals surface area (Å²) in [6.45, 7) is 2.58. The number of thiophene rings is 1. The molecule has 2 heterocycles. The van der Waals surface area contributed by atoms with Crippen molar-refractivity contribution in [3.05, 3.63) is 52.9 Å². The molecule has 0 saturated carbocycles. The minimum absolute atomic E-state index is 0.00439. The van der Waals surface area contributed by atoms with Gasteiger partial charge in [-0.2, -0.15) is 0 Å². The van der Waals surface area contributed by atoms with E-state index in [0.29, 0.717) is 13.0 Å². The van der Waals surface area contributed by atoms with Gasteiger partial charge in [0.1, 0.15) is 5.82 Å². The fraction of sp³-hybridized carbons (Fsp3) is 0.200. The van der Waals surface area contributed by atoms with E-state index in [4.69, 9.17) is 0 Å². The van der Waals surface area contributed by atoms with Gasteiger partial charge in [-0.15, -0.1) is 11.3 Å². The van der Waals surface area contributed by atoms with Gasteiger partial charge in [-0.3, -0.25) is 4.79 Å². The Morgan fingerprint density at radius 1 is 1.40 bits per heavy atom. The van der Waals surface area contributed by atoms with Crippen LogP contribution in [0.1, 0.15) is 21.1 Å². The first-order valence-electron chi connectivity index (χ1n) is 6.50. The molecule has 1 aromatic carbocycles. The minimum Gasteiger partial charge on any atom is -0.351 e. The number of hydrogen-bond donors (Lipinski definition) is 2. The van der Waals surface area contributed by atoms with E-state index in [0.717, 1.165) is 26.4 Å². The van der Waals surface area contributed by atoms with Gasteiger partial charge in [-0.25, -0.2) is 4.98 Å². The van der Waals surface area contributed by atoms with Crippen LogP contribution in [0.15, 0.2) is 36.7 Å². The molecule has 0 saturated heterocycles. The zero-order valence-corrected chi connectivity index (χ0v) is 12.0. The first-order chi connectivity index (χ1) is 9.75. The lowest BCUT2D eigenvalue weighted by molar-refractivity contribution is 0.0957. The molecule has 3 rings (SSSR count). The number of aromatic nitrogens is 2. The third-order valence-electron chi connectivity index (χ3n) is 3.25. The van der Waals surface area contributed by atoms with Crippen molar-refractivity contribution in [2.75, 3.05) is 6.54 Å². The van der Waals surface area contributed by atoms with E-state index in [9.17, 15) is 4.79 Å². The Morgan fingerprint density at radius 2 is 2.25 bits per heavy atom. The number of aromatic amines is 1. The molecule has 3 aromatic rings. The van der Waals surface area contributed by atoms with E-state index in [1.54, 1.807) is 23.7 Å². The minimum atomic E-state index is -0.00439. The van der Waals surface area contributed by atoms with Crippen molar-refractivity contribution < 1.29 is 4.79 Å². The Kier molecular flexibility index (Phi) is 3.52. The zero-order valence-electron chi connectivity index (χ0n) is 11.1. The highest BCUT2D eigenvalue weighted by molar-refractivity contribution is 7.21. The third kappa shape index (κ3) is 2.44. The SMILES string of the molecule is Cc1c(C(=O)NCCc2ncc[nH]2)sc2ccccc12. The maximum atomic E-state index is 12.2. The molecule has 0 aliphatic carbocycles. The lowest BCUT2D eigenvalue weighted by atomic mass is 10.1. The maximum Gasteiger partial charge on any atom is 0.261 e. The Balaban J connectivity index is 1.71. The number of imidazole rings is 1. The number of benzene rings is 1. The van der Waals surface area contributed by atoms with Gasteiger partial charge in [0.15, 0.2) is 0 Å². The molecule has 0 unspecified atom stereocenters. The molecule has 0 fully saturated rings. The fourth-order valence-electron chi connectivity index (χ4n) is 2.20. The predicted molar refractivity (Wildman–Crippen MR) is 81.2 cm³/mol. The predicted octanol–water partition coefficient (Wildman–Crippen LogP) is 2.91. The van der Waals surface area contributed by atoms with Crippen LogP contribution in [0.3, 0.4) is 0 Å². The van der Waals surface area contributed by atoms with Crippen molar-refractivity contribution in [2.24, 2.45) is 0 Å². The van der Waals surface area contributed by atoms with Crippen LogP contribution < -0.4 is 5.32 Å². The van der Waals surface area contributed by atoms with Gasteiger partial charge in [0.2, 0.25) is 0 Å². The average Bonchev–Trinajstić information content (AvgIpc) is 3.08. The Labute approximate surface area is 120 Å². The van der Waals surface area contributed by atoms with E-state index >= 15 is 0 Å².